The summed E-state index contributed by atoms with van der Waals surface area (Å²) in [5, 5.41) is 22.4. The minimum atomic E-state index is -1.20. The topological polar surface area (TPSA) is 105 Å². The van der Waals surface area contributed by atoms with Crippen LogP contribution >= 0.6 is 0 Å². The van der Waals surface area contributed by atoms with E-state index in [1.807, 2.05) is 0 Å². The predicted molar refractivity (Wildman–Crippen MR) is 102 cm³/mol. The predicted octanol–water partition coefficient (Wildman–Crippen LogP) is 2.55. The summed E-state index contributed by atoms with van der Waals surface area (Å²) in [4.78, 5) is 24.9. The van der Waals surface area contributed by atoms with Crippen LogP contribution in [0, 0.1) is 5.92 Å². The van der Waals surface area contributed by atoms with Gasteiger partial charge in [0.1, 0.15) is 23.4 Å². The van der Waals surface area contributed by atoms with E-state index in [1.54, 1.807) is 36.4 Å². The fourth-order valence-electron chi connectivity index (χ4n) is 4.38. The maximum Gasteiger partial charge on any atom is 0.339 e. The van der Waals surface area contributed by atoms with Crippen molar-refractivity contribution < 1.29 is 29.3 Å². The van der Waals surface area contributed by atoms with Crippen molar-refractivity contribution in [1.29, 1.82) is 0 Å². The zero-order valence-corrected chi connectivity index (χ0v) is 15.4. The maximum atomic E-state index is 12.9. The van der Waals surface area contributed by atoms with Crippen LogP contribution in [-0.2, 0) is 10.3 Å². The number of hydrogen-bond donors (Lipinski definition) is 3. The minimum Gasteiger partial charge on any atom is -0.508 e. The number of rotatable bonds is 1. The van der Waals surface area contributed by atoms with Gasteiger partial charge in [-0.3, -0.25) is 4.79 Å². The molecule has 2 heterocycles. The van der Waals surface area contributed by atoms with Crippen LogP contribution in [0.15, 0.2) is 60.4 Å². The molecule has 3 aliphatic rings. The van der Waals surface area contributed by atoms with E-state index >= 15 is 0 Å². The lowest BCUT2D eigenvalue weighted by molar-refractivity contribution is -0.0424. The van der Waals surface area contributed by atoms with Crippen LogP contribution in [0.1, 0.15) is 31.8 Å². The van der Waals surface area contributed by atoms with Gasteiger partial charge in [-0.25, -0.2) is 4.79 Å². The molecule has 0 saturated carbocycles. The van der Waals surface area contributed by atoms with Crippen LogP contribution < -0.4 is 10.1 Å². The van der Waals surface area contributed by atoms with Gasteiger partial charge >= 0.3 is 5.97 Å². The molecule has 0 bridgehead atoms. The van der Waals surface area contributed by atoms with Gasteiger partial charge in [-0.1, -0.05) is 12.1 Å². The lowest BCUT2D eigenvalue weighted by Gasteiger charge is -2.44. The first-order valence-corrected chi connectivity index (χ1v) is 9.13. The third-order valence-corrected chi connectivity index (χ3v) is 5.64. The van der Waals surface area contributed by atoms with Crippen LogP contribution in [0.2, 0.25) is 0 Å². The molecule has 3 unspecified atom stereocenters. The summed E-state index contributed by atoms with van der Waals surface area (Å²) in [7, 11) is 1.52. The second-order valence-electron chi connectivity index (χ2n) is 7.20. The molecule has 0 radical (unpaired) electrons. The highest BCUT2D eigenvalue weighted by atomic mass is 16.6. The lowest BCUT2D eigenvalue weighted by atomic mass is 9.70. The molecule has 2 aromatic rings. The van der Waals surface area contributed by atoms with Gasteiger partial charge in [0.05, 0.1) is 11.5 Å². The highest BCUT2D eigenvalue weighted by Crippen LogP contribution is 2.56. The number of aliphatic hydroxyl groups is 1. The molecule has 1 amide bonds. The first kappa shape index (κ1) is 17.4. The lowest BCUT2D eigenvalue weighted by Crippen LogP contribution is -2.48. The van der Waals surface area contributed by atoms with Crippen LogP contribution in [-0.4, -0.2) is 35.2 Å². The van der Waals surface area contributed by atoms with Crippen LogP contribution in [0.5, 0.6) is 11.5 Å². The summed E-state index contributed by atoms with van der Waals surface area (Å²) in [5.41, 5.74) is 0.660. The van der Waals surface area contributed by atoms with Gasteiger partial charge in [0.15, 0.2) is 5.60 Å². The molecule has 0 aromatic heterocycles. The molecule has 1 spiro atoms. The van der Waals surface area contributed by atoms with Crippen LogP contribution in [0.4, 0.5) is 0 Å². The average Bonchev–Trinajstić information content (AvgIpc) is 2.99. The Morgan fingerprint density at radius 1 is 1.14 bits per heavy atom. The van der Waals surface area contributed by atoms with E-state index < -0.39 is 23.6 Å². The molecule has 0 saturated heterocycles. The second kappa shape index (κ2) is 5.88. The monoisotopic (exact) mass is 391 g/mol. The number of aliphatic hydroxyl groups excluding tert-OH is 1. The van der Waals surface area contributed by atoms with Crippen molar-refractivity contribution in [3.05, 3.63) is 82.6 Å². The highest BCUT2D eigenvalue weighted by Gasteiger charge is 2.58. The highest BCUT2D eigenvalue weighted by molar-refractivity contribution is 6.01. The second-order valence-corrected chi connectivity index (χ2v) is 7.20. The Labute approximate surface area is 165 Å². The number of esters is 1. The standard InChI is InChI=1S/C22H17NO6/c1-23-20(26)11-2-5-15-14(8-11)21(27)29-22(15)16-6-3-12(24)9-18(16)28-19-10-13(25)4-7-17(19)22/h2-10,16,18,24-25H,1H3,(H,23,26). The molecule has 29 heavy (non-hydrogen) atoms. The summed E-state index contributed by atoms with van der Waals surface area (Å²) >= 11 is 0. The molecular weight excluding hydrogens is 374 g/mol. The normalized spacial score (nSPS) is 26.0. The van der Waals surface area contributed by atoms with Gasteiger partial charge in [0.2, 0.25) is 0 Å². The molecule has 0 fully saturated rings. The molecule has 146 valence electrons. The molecule has 5 rings (SSSR count). The smallest absolute Gasteiger partial charge is 0.339 e. The van der Waals surface area contributed by atoms with Crippen molar-refractivity contribution in [2.75, 3.05) is 7.05 Å². The summed E-state index contributed by atoms with van der Waals surface area (Å²) in [6.07, 6.45) is 4.24. The van der Waals surface area contributed by atoms with E-state index in [-0.39, 0.29) is 17.4 Å². The van der Waals surface area contributed by atoms with Crippen molar-refractivity contribution in [3.8, 4) is 11.5 Å². The van der Waals surface area contributed by atoms with E-state index in [1.165, 1.54) is 25.2 Å². The number of amides is 1. The summed E-state index contributed by atoms with van der Waals surface area (Å²) in [6, 6.07) is 9.52. The minimum absolute atomic E-state index is 0.0106. The number of nitrogens with one attached hydrogen (secondary N) is 1. The van der Waals surface area contributed by atoms with Crippen LogP contribution in [0.25, 0.3) is 0 Å². The number of phenolic OH excluding ortho intramolecular Hbond substituents is 1. The summed E-state index contributed by atoms with van der Waals surface area (Å²) in [5.74, 6) is -0.867. The Hall–Kier alpha value is -3.74. The zero-order chi connectivity index (χ0) is 20.3. The summed E-state index contributed by atoms with van der Waals surface area (Å²) < 4.78 is 12.0. The van der Waals surface area contributed by atoms with Crippen molar-refractivity contribution in [2.24, 2.45) is 5.92 Å². The van der Waals surface area contributed by atoms with Crippen molar-refractivity contribution >= 4 is 11.9 Å². The molecule has 7 nitrogen and oxygen atoms in total. The Balaban J connectivity index is 1.77. The fourth-order valence-corrected chi connectivity index (χ4v) is 4.38. The van der Waals surface area contributed by atoms with E-state index in [0.29, 0.717) is 28.0 Å². The SMILES string of the molecule is CNC(=O)c1ccc2c(c1)C(=O)OC21c2ccc(O)cc2OC2C=C(O)C=CC21. The quantitative estimate of drug-likeness (QED) is 0.646. The van der Waals surface area contributed by atoms with Gasteiger partial charge in [0, 0.05) is 29.8 Å². The van der Waals surface area contributed by atoms with E-state index in [0.717, 1.165) is 0 Å². The number of hydrogen-bond acceptors (Lipinski definition) is 6. The number of allylic oxidation sites excluding steroid dienone is 1. The van der Waals surface area contributed by atoms with Gasteiger partial charge in [-0.2, -0.15) is 0 Å². The zero-order valence-electron chi connectivity index (χ0n) is 15.4. The molecule has 3 atom stereocenters. The van der Waals surface area contributed by atoms with Gasteiger partial charge in [0.25, 0.3) is 5.91 Å². The van der Waals surface area contributed by atoms with E-state index in [2.05, 4.69) is 5.32 Å². The van der Waals surface area contributed by atoms with Crippen molar-refractivity contribution in [1.82, 2.24) is 5.32 Å². The van der Waals surface area contributed by atoms with E-state index in [9.17, 15) is 19.8 Å². The maximum absolute atomic E-state index is 12.9. The third kappa shape index (κ3) is 2.30. The Morgan fingerprint density at radius 3 is 2.72 bits per heavy atom. The van der Waals surface area contributed by atoms with E-state index in [4.69, 9.17) is 9.47 Å². The number of carbonyl (C=O) groups is 2. The largest absolute Gasteiger partial charge is 0.508 e. The molecule has 7 heteroatoms. The Morgan fingerprint density at radius 2 is 1.93 bits per heavy atom. The average molecular weight is 391 g/mol. The summed E-state index contributed by atoms with van der Waals surface area (Å²) in [6.45, 7) is 0. The number of phenols is 1. The Kier molecular flexibility index (Phi) is 3.52. The first-order valence-electron chi connectivity index (χ1n) is 9.13. The van der Waals surface area contributed by atoms with Gasteiger partial charge < -0.3 is 25.0 Å². The number of benzene rings is 2. The number of aromatic hydroxyl groups is 1. The molecule has 2 aliphatic heterocycles. The van der Waals surface area contributed by atoms with Crippen molar-refractivity contribution in [3.63, 3.8) is 0 Å². The number of ether oxygens (including phenoxy) is 2. The fraction of sp³-hybridized carbons (Fsp3) is 0.182. The molecule has 2 aromatic carbocycles. The Bertz CT molecular complexity index is 1130. The molecule has 3 N–H and O–H groups in total. The molecule has 1 aliphatic carbocycles. The van der Waals surface area contributed by atoms with Crippen molar-refractivity contribution in [2.45, 2.75) is 11.7 Å². The van der Waals surface area contributed by atoms with Crippen LogP contribution in [0.3, 0.4) is 0 Å². The number of carbonyl (C=O) groups excluding carboxylic acids is 2. The van der Waals surface area contributed by atoms with Gasteiger partial charge in [-0.05, 0) is 36.4 Å². The number of fused-ring (bicyclic) bond motifs is 6. The molecular formula is C22H17NO6. The van der Waals surface area contributed by atoms with Gasteiger partial charge in [-0.15, -0.1) is 0 Å². The third-order valence-electron chi connectivity index (χ3n) is 5.64. The first-order chi connectivity index (χ1) is 13.9.